The lowest BCUT2D eigenvalue weighted by atomic mass is 10.1. The summed E-state index contributed by atoms with van der Waals surface area (Å²) in [6.45, 7) is 10.9. The van der Waals surface area contributed by atoms with Crippen molar-refractivity contribution in [3.8, 4) is 0 Å². The topological polar surface area (TPSA) is 8.17 Å². The van der Waals surface area contributed by atoms with Gasteiger partial charge in [0.25, 0.3) is 0 Å². The molecular formula is C23H37FN2. The highest BCUT2D eigenvalue weighted by Gasteiger charge is 2.12. The maximum absolute atomic E-state index is 13.9. The predicted octanol–water partition coefficient (Wildman–Crippen LogP) is 6.76. The van der Waals surface area contributed by atoms with Crippen molar-refractivity contribution < 1.29 is 4.39 Å². The SMILES string of the molecule is CCCCCCCCn1cc(CN(CCC)CCC)c2cc(F)ccc21. The van der Waals surface area contributed by atoms with E-state index in [1.165, 1.54) is 49.6 Å². The average Bonchev–Trinajstić information content (AvgIpc) is 2.95. The second-order valence-corrected chi connectivity index (χ2v) is 7.55. The van der Waals surface area contributed by atoms with Crippen molar-refractivity contribution in [2.45, 2.75) is 85.2 Å². The van der Waals surface area contributed by atoms with Gasteiger partial charge in [-0.05, 0) is 56.1 Å². The quantitative estimate of drug-likeness (QED) is 0.358. The largest absolute Gasteiger partial charge is 0.347 e. The summed E-state index contributed by atoms with van der Waals surface area (Å²) in [6, 6.07) is 5.27. The fraction of sp³-hybridized carbons (Fsp3) is 0.652. The zero-order valence-corrected chi connectivity index (χ0v) is 17.1. The predicted molar refractivity (Wildman–Crippen MR) is 111 cm³/mol. The molecule has 0 aliphatic carbocycles. The van der Waals surface area contributed by atoms with Gasteiger partial charge in [-0.3, -0.25) is 4.90 Å². The van der Waals surface area contributed by atoms with Crippen LogP contribution < -0.4 is 0 Å². The molecule has 2 aromatic rings. The molecule has 146 valence electrons. The molecular weight excluding hydrogens is 323 g/mol. The van der Waals surface area contributed by atoms with Crippen molar-refractivity contribution >= 4 is 10.9 Å². The molecule has 0 unspecified atom stereocenters. The molecule has 0 amide bonds. The monoisotopic (exact) mass is 360 g/mol. The summed E-state index contributed by atoms with van der Waals surface area (Å²) in [5.74, 6) is -0.131. The molecule has 1 heterocycles. The average molecular weight is 361 g/mol. The Labute approximate surface area is 159 Å². The summed E-state index contributed by atoms with van der Waals surface area (Å²) in [7, 11) is 0. The number of rotatable bonds is 13. The zero-order chi connectivity index (χ0) is 18.8. The van der Waals surface area contributed by atoms with Crippen LogP contribution in [-0.2, 0) is 13.1 Å². The Morgan fingerprint density at radius 1 is 0.885 bits per heavy atom. The molecule has 0 saturated carbocycles. The summed E-state index contributed by atoms with van der Waals surface area (Å²) in [5.41, 5.74) is 2.45. The van der Waals surface area contributed by atoms with Gasteiger partial charge in [-0.15, -0.1) is 0 Å². The van der Waals surface area contributed by atoms with Gasteiger partial charge in [-0.25, -0.2) is 4.39 Å². The van der Waals surface area contributed by atoms with E-state index in [1.807, 2.05) is 6.07 Å². The van der Waals surface area contributed by atoms with Gasteiger partial charge in [-0.2, -0.15) is 0 Å². The van der Waals surface area contributed by atoms with E-state index in [0.29, 0.717) is 0 Å². The number of aromatic nitrogens is 1. The number of fused-ring (bicyclic) bond motifs is 1. The maximum Gasteiger partial charge on any atom is 0.123 e. The Hall–Kier alpha value is -1.35. The second-order valence-electron chi connectivity index (χ2n) is 7.55. The molecule has 2 nitrogen and oxygen atoms in total. The van der Waals surface area contributed by atoms with Crippen molar-refractivity contribution in [2.24, 2.45) is 0 Å². The van der Waals surface area contributed by atoms with Crippen LogP contribution in [0.5, 0.6) is 0 Å². The van der Waals surface area contributed by atoms with E-state index in [2.05, 4.69) is 36.4 Å². The van der Waals surface area contributed by atoms with Gasteiger partial charge in [0.2, 0.25) is 0 Å². The van der Waals surface area contributed by atoms with E-state index >= 15 is 0 Å². The fourth-order valence-electron chi connectivity index (χ4n) is 3.86. The molecule has 0 saturated heterocycles. The molecule has 0 atom stereocenters. The molecule has 3 heteroatoms. The van der Waals surface area contributed by atoms with E-state index in [9.17, 15) is 4.39 Å². The van der Waals surface area contributed by atoms with Crippen LogP contribution in [0.4, 0.5) is 4.39 Å². The number of unbranched alkanes of at least 4 members (excludes halogenated alkanes) is 5. The molecule has 0 spiro atoms. The highest BCUT2D eigenvalue weighted by molar-refractivity contribution is 5.84. The molecule has 26 heavy (non-hydrogen) atoms. The number of benzene rings is 1. The van der Waals surface area contributed by atoms with E-state index in [1.54, 1.807) is 12.1 Å². The highest BCUT2D eigenvalue weighted by atomic mass is 19.1. The lowest BCUT2D eigenvalue weighted by Gasteiger charge is -2.20. The molecule has 0 fully saturated rings. The Bertz CT molecular complexity index is 641. The molecule has 1 aromatic carbocycles. The van der Waals surface area contributed by atoms with E-state index in [0.717, 1.165) is 44.4 Å². The smallest absolute Gasteiger partial charge is 0.123 e. The Balaban J connectivity index is 2.10. The minimum absolute atomic E-state index is 0.131. The van der Waals surface area contributed by atoms with Crippen molar-refractivity contribution in [3.05, 3.63) is 35.8 Å². The normalized spacial score (nSPS) is 11.7. The van der Waals surface area contributed by atoms with Crippen LogP contribution in [0.15, 0.2) is 24.4 Å². The number of hydrogen-bond acceptors (Lipinski definition) is 1. The Morgan fingerprint density at radius 2 is 1.58 bits per heavy atom. The number of aryl methyl sites for hydroxylation is 1. The molecule has 0 bridgehead atoms. The number of nitrogens with zero attached hydrogens (tertiary/aromatic N) is 2. The van der Waals surface area contributed by atoms with Crippen LogP contribution in [0.3, 0.4) is 0 Å². The molecule has 2 rings (SSSR count). The lowest BCUT2D eigenvalue weighted by molar-refractivity contribution is 0.267. The summed E-state index contributed by atoms with van der Waals surface area (Å²) in [6.07, 6.45) is 12.4. The lowest BCUT2D eigenvalue weighted by Crippen LogP contribution is -2.24. The van der Waals surface area contributed by atoms with E-state index < -0.39 is 0 Å². The first-order chi connectivity index (χ1) is 12.7. The van der Waals surface area contributed by atoms with Crippen LogP contribution >= 0.6 is 0 Å². The van der Waals surface area contributed by atoms with Gasteiger partial charge in [0, 0.05) is 30.2 Å². The number of hydrogen-bond donors (Lipinski definition) is 0. The Morgan fingerprint density at radius 3 is 2.27 bits per heavy atom. The first kappa shape index (κ1) is 21.0. The minimum atomic E-state index is -0.131. The van der Waals surface area contributed by atoms with Crippen LogP contribution in [-0.4, -0.2) is 22.6 Å². The van der Waals surface area contributed by atoms with Crippen molar-refractivity contribution in [2.75, 3.05) is 13.1 Å². The van der Waals surface area contributed by atoms with Crippen LogP contribution in [0, 0.1) is 5.82 Å². The van der Waals surface area contributed by atoms with Gasteiger partial charge in [0.1, 0.15) is 5.82 Å². The molecule has 0 aliphatic rings. The standard InChI is InChI=1S/C23H37FN2/c1-4-7-8-9-10-11-16-26-19-20(18-25(14-5-2)15-6-3)22-17-21(24)12-13-23(22)26/h12-13,17,19H,4-11,14-16,18H2,1-3H3. The molecule has 0 aliphatic heterocycles. The van der Waals surface area contributed by atoms with Gasteiger partial charge in [0.05, 0.1) is 0 Å². The summed E-state index contributed by atoms with van der Waals surface area (Å²) in [5, 5.41) is 1.09. The second kappa shape index (κ2) is 11.4. The maximum atomic E-state index is 13.9. The summed E-state index contributed by atoms with van der Waals surface area (Å²) in [4.78, 5) is 2.49. The minimum Gasteiger partial charge on any atom is -0.347 e. The van der Waals surface area contributed by atoms with E-state index in [4.69, 9.17) is 0 Å². The van der Waals surface area contributed by atoms with Crippen molar-refractivity contribution in [1.82, 2.24) is 9.47 Å². The van der Waals surface area contributed by atoms with E-state index in [-0.39, 0.29) is 5.82 Å². The summed E-state index contributed by atoms with van der Waals surface area (Å²) < 4.78 is 16.2. The Kier molecular flexibility index (Phi) is 9.17. The first-order valence-electron chi connectivity index (χ1n) is 10.7. The van der Waals surface area contributed by atoms with Crippen LogP contribution in [0.1, 0.15) is 77.7 Å². The molecule has 1 aromatic heterocycles. The van der Waals surface area contributed by atoms with Gasteiger partial charge in [0.15, 0.2) is 0 Å². The highest BCUT2D eigenvalue weighted by Crippen LogP contribution is 2.25. The molecule has 0 radical (unpaired) electrons. The van der Waals surface area contributed by atoms with Crippen LogP contribution in [0.2, 0.25) is 0 Å². The van der Waals surface area contributed by atoms with Gasteiger partial charge >= 0.3 is 0 Å². The van der Waals surface area contributed by atoms with Crippen LogP contribution in [0.25, 0.3) is 10.9 Å². The van der Waals surface area contributed by atoms with Crippen molar-refractivity contribution in [3.63, 3.8) is 0 Å². The van der Waals surface area contributed by atoms with Gasteiger partial charge < -0.3 is 4.57 Å². The summed E-state index contributed by atoms with van der Waals surface area (Å²) >= 11 is 0. The fourth-order valence-corrected chi connectivity index (χ4v) is 3.86. The number of halogens is 1. The van der Waals surface area contributed by atoms with Crippen molar-refractivity contribution in [1.29, 1.82) is 0 Å². The first-order valence-corrected chi connectivity index (χ1v) is 10.7. The third-order valence-electron chi connectivity index (χ3n) is 5.15. The third-order valence-corrected chi connectivity index (χ3v) is 5.15. The third kappa shape index (κ3) is 6.12. The van der Waals surface area contributed by atoms with Gasteiger partial charge in [-0.1, -0.05) is 52.9 Å². The zero-order valence-electron chi connectivity index (χ0n) is 17.1. The molecule has 0 N–H and O–H groups in total.